The fourth-order valence-corrected chi connectivity index (χ4v) is 1.99. The van der Waals surface area contributed by atoms with Gasteiger partial charge < -0.3 is 21.1 Å². The first-order valence-corrected chi connectivity index (χ1v) is 7.87. The second-order valence-electron chi connectivity index (χ2n) is 4.36. The number of rotatable bonds is 10. The zero-order valence-corrected chi connectivity index (χ0v) is 12.7. The molecule has 0 spiro atoms. The lowest BCUT2D eigenvalue weighted by Gasteiger charge is -2.24. The molecule has 20 heavy (non-hydrogen) atoms. The number of nitrogens with two attached hydrogens (primary N) is 1. The molecule has 8 heteroatoms. The summed E-state index contributed by atoms with van der Waals surface area (Å²) in [6, 6.07) is -1.52. The van der Waals surface area contributed by atoms with Gasteiger partial charge in [0.1, 0.15) is 12.6 Å². The number of hydrogen-bond donors (Lipinski definition) is 3. The molecule has 7 nitrogen and oxygen atoms in total. The van der Waals surface area contributed by atoms with E-state index in [1.165, 1.54) is 16.7 Å². The Labute approximate surface area is 123 Å². The van der Waals surface area contributed by atoms with Gasteiger partial charge in [-0.2, -0.15) is 11.8 Å². The van der Waals surface area contributed by atoms with Crippen molar-refractivity contribution in [2.45, 2.75) is 32.2 Å². The Morgan fingerprint density at radius 2 is 2.05 bits per heavy atom. The molecule has 0 heterocycles. The maximum absolute atomic E-state index is 12.0. The van der Waals surface area contributed by atoms with Crippen LogP contribution >= 0.6 is 11.8 Å². The molecule has 0 aromatic carbocycles. The van der Waals surface area contributed by atoms with E-state index in [9.17, 15) is 14.4 Å². The van der Waals surface area contributed by atoms with Crippen molar-refractivity contribution in [2.24, 2.45) is 5.73 Å². The summed E-state index contributed by atoms with van der Waals surface area (Å²) in [6.45, 7) is 2.12. The Balaban J connectivity index is 4.59. The average molecular weight is 305 g/mol. The van der Waals surface area contributed by atoms with Crippen molar-refractivity contribution >= 4 is 29.7 Å². The highest BCUT2D eigenvalue weighted by Crippen LogP contribution is 2.03. The van der Waals surface area contributed by atoms with Crippen LogP contribution in [0.2, 0.25) is 0 Å². The minimum Gasteiger partial charge on any atom is -0.480 e. The molecule has 0 fully saturated rings. The summed E-state index contributed by atoms with van der Waals surface area (Å²) in [6.07, 6.45) is 3.78. The van der Waals surface area contributed by atoms with Gasteiger partial charge in [0.05, 0.1) is 0 Å². The number of thioether (sulfide) groups is 1. The Morgan fingerprint density at radius 1 is 1.40 bits per heavy atom. The number of hydrogen-bond acceptors (Lipinski definition) is 4. The van der Waals surface area contributed by atoms with Crippen molar-refractivity contribution in [3.63, 3.8) is 0 Å². The molecule has 0 rings (SSSR count). The summed E-state index contributed by atoms with van der Waals surface area (Å²) in [5.41, 5.74) is 5.09. The first-order chi connectivity index (χ1) is 9.42. The topological polar surface area (TPSA) is 113 Å². The third-order valence-electron chi connectivity index (χ3n) is 2.62. The summed E-state index contributed by atoms with van der Waals surface area (Å²) >= 11 is 1.51. The van der Waals surface area contributed by atoms with Gasteiger partial charge in [-0.25, -0.2) is 9.59 Å². The predicted octanol–water partition coefficient (Wildman–Crippen LogP) is 0.490. The molecule has 0 saturated carbocycles. The standard InChI is InChI=1S/C12H23N3O4S/c1-3-4-6-15(8-10(13)16)12(19)14-9(11(17)18)5-7-20-2/h9H,3-8H2,1-2H3,(H2,13,16)(H,14,19)(H,17,18)/t9-/m1/s1. The van der Waals surface area contributed by atoms with Gasteiger partial charge >= 0.3 is 12.0 Å². The van der Waals surface area contributed by atoms with Crippen LogP contribution in [0.1, 0.15) is 26.2 Å². The van der Waals surface area contributed by atoms with Crippen LogP contribution in [0.4, 0.5) is 4.79 Å². The lowest BCUT2D eigenvalue weighted by molar-refractivity contribution is -0.139. The monoisotopic (exact) mass is 305 g/mol. The molecule has 4 N–H and O–H groups in total. The molecular formula is C12H23N3O4S. The maximum atomic E-state index is 12.0. The van der Waals surface area contributed by atoms with Crippen LogP contribution in [0.15, 0.2) is 0 Å². The number of urea groups is 1. The van der Waals surface area contributed by atoms with E-state index in [1.807, 2.05) is 13.2 Å². The van der Waals surface area contributed by atoms with Crippen molar-refractivity contribution in [1.82, 2.24) is 10.2 Å². The van der Waals surface area contributed by atoms with Crippen molar-refractivity contribution in [2.75, 3.05) is 25.1 Å². The number of carbonyl (C=O) groups excluding carboxylic acids is 2. The lowest BCUT2D eigenvalue weighted by Crippen LogP contribution is -2.50. The minimum absolute atomic E-state index is 0.208. The number of primary amides is 1. The summed E-state index contributed by atoms with van der Waals surface area (Å²) < 4.78 is 0. The van der Waals surface area contributed by atoms with E-state index in [1.54, 1.807) is 0 Å². The zero-order chi connectivity index (χ0) is 15.5. The molecule has 116 valence electrons. The largest absolute Gasteiger partial charge is 0.480 e. The molecule has 0 bridgehead atoms. The third kappa shape index (κ3) is 7.88. The van der Waals surface area contributed by atoms with Gasteiger partial charge in [-0.05, 0) is 24.9 Å². The number of nitrogens with one attached hydrogen (secondary N) is 1. The number of amides is 3. The van der Waals surface area contributed by atoms with E-state index in [0.29, 0.717) is 18.7 Å². The second kappa shape index (κ2) is 10.4. The summed E-state index contributed by atoms with van der Waals surface area (Å²) in [4.78, 5) is 35.3. The van der Waals surface area contributed by atoms with Crippen molar-refractivity contribution in [3.8, 4) is 0 Å². The van der Waals surface area contributed by atoms with Crippen molar-refractivity contribution < 1.29 is 19.5 Å². The molecule has 0 aromatic heterocycles. The minimum atomic E-state index is -1.08. The van der Waals surface area contributed by atoms with E-state index in [0.717, 1.165) is 12.8 Å². The maximum Gasteiger partial charge on any atom is 0.326 e. The summed E-state index contributed by atoms with van der Waals surface area (Å²) in [7, 11) is 0. The van der Waals surface area contributed by atoms with Gasteiger partial charge in [-0.1, -0.05) is 13.3 Å². The Bertz CT molecular complexity index is 339. The molecular weight excluding hydrogens is 282 g/mol. The molecule has 0 aliphatic rings. The highest BCUT2D eigenvalue weighted by molar-refractivity contribution is 7.98. The van der Waals surface area contributed by atoms with Crippen LogP contribution in [0, 0.1) is 0 Å². The predicted molar refractivity (Wildman–Crippen MR) is 78.6 cm³/mol. The third-order valence-corrected chi connectivity index (χ3v) is 3.27. The van der Waals surface area contributed by atoms with Gasteiger partial charge in [0.25, 0.3) is 0 Å². The van der Waals surface area contributed by atoms with Crippen LogP contribution in [0.5, 0.6) is 0 Å². The molecule has 0 aliphatic carbocycles. The first kappa shape index (κ1) is 18.6. The Kier molecular flexibility index (Phi) is 9.61. The number of unbranched alkanes of at least 4 members (excludes halogenated alkanes) is 1. The van der Waals surface area contributed by atoms with Crippen molar-refractivity contribution in [1.29, 1.82) is 0 Å². The number of carbonyl (C=O) groups is 3. The molecule has 0 unspecified atom stereocenters. The zero-order valence-electron chi connectivity index (χ0n) is 11.9. The van der Waals surface area contributed by atoms with Gasteiger partial charge in [-0.15, -0.1) is 0 Å². The van der Waals surface area contributed by atoms with E-state index in [4.69, 9.17) is 10.8 Å². The number of carboxylic acid groups (broad SMARTS) is 1. The second-order valence-corrected chi connectivity index (χ2v) is 5.35. The van der Waals surface area contributed by atoms with Crippen LogP contribution in [-0.4, -0.2) is 59.1 Å². The van der Waals surface area contributed by atoms with Gasteiger partial charge in [0, 0.05) is 6.54 Å². The fourth-order valence-electron chi connectivity index (χ4n) is 1.52. The highest BCUT2D eigenvalue weighted by Gasteiger charge is 2.23. The number of nitrogens with zero attached hydrogens (tertiary/aromatic N) is 1. The van der Waals surface area contributed by atoms with Crippen LogP contribution in [0.3, 0.4) is 0 Å². The van der Waals surface area contributed by atoms with Crippen LogP contribution < -0.4 is 11.1 Å². The van der Waals surface area contributed by atoms with Crippen LogP contribution in [0.25, 0.3) is 0 Å². The Morgan fingerprint density at radius 3 is 2.50 bits per heavy atom. The molecule has 1 atom stereocenters. The normalized spacial score (nSPS) is 11.7. The van der Waals surface area contributed by atoms with Crippen molar-refractivity contribution in [3.05, 3.63) is 0 Å². The van der Waals surface area contributed by atoms with E-state index < -0.39 is 23.9 Å². The highest BCUT2D eigenvalue weighted by atomic mass is 32.2. The van der Waals surface area contributed by atoms with E-state index >= 15 is 0 Å². The molecule has 0 aromatic rings. The van der Waals surface area contributed by atoms with E-state index in [-0.39, 0.29) is 6.54 Å². The first-order valence-electron chi connectivity index (χ1n) is 6.47. The number of aliphatic carboxylic acids is 1. The molecule has 3 amide bonds. The summed E-state index contributed by atoms with van der Waals surface area (Å²) in [5.74, 6) is -1.07. The van der Waals surface area contributed by atoms with Gasteiger partial charge in [0.15, 0.2) is 0 Å². The molecule has 0 aliphatic heterocycles. The molecule has 0 radical (unpaired) electrons. The summed E-state index contributed by atoms with van der Waals surface area (Å²) in [5, 5.41) is 11.5. The van der Waals surface area contributed by atoms with Gasteiger partial charge in [0.2, 0.25) is 5.91 Å². The smallest absolute Gasteiger partial charge is 0.326 e. The average Bonchev–Trinajstić information content (AvgIpc) is 2.38. The lowest BCUT2D eigenvalue weighted by atomic mass is 10.2. The molecule has 0 saturated heterocycles. The SMILES string of the molecule is CCCCN(CC(N)=O)C(=O)N[C@H](CCSC)C(=O)O. The van der Waals surface area contributed by atoms with Crippen LogP contribution in [-0.2, 0) is 9.59 Å². The quantitative estimate of drug-likeness (QED) is 0.543. The Hall–Kier alpha value is -1.44. The van der Waals surface area contributed by atoms with Gasteiger partial charge in [-0.3, -0.25) is 4.79 Å². The number of carboxylic acids is 1. The van der Waals surface area contributed by atoms with E-state index in [2.05, 4.69) is 5.32 Å². The fraction of sp³-hybridized carbons (Fsp3) is 0.750.